The molecule has 0 aliphatic rings. The number of aromatic nitrogens is 1. The molecule has 0 fully saturated rings. The lowest BCUT2D eigenvalue weighted by molar-refractivity contribution is 0.354. The second kappa shape index (κ2) is 9.88. The largest absolute Gasteiger partial charge is 0.493 e. The van der Waals surface area contributed by atoms with Gasteiger partial charge in [0.2, 0.25) is 0 Å². The molecule has 6 nitrogen and oxygen atoms in total. The molecule has 1 aromatic heterocycles. The summed E-state index contributed by atoms with van der Waals surface area (Å²) in [6.45, 7) is 1.06. The zero-order chi connectivity index (χ0) is 15.8. The maximum absolute atomic E-state index is 5.86. The number of guanidine groups is 1. The molecule has 1 aromatic carbocycles. The quantitative estimate of drug-likeness (QED) is 0.420. The van der Waals surface area contributed by atoms with E-state index in [2.05, 4.69) is 15.3 Å². The summed E-state index contributed by atoms with van der Waals surface area (Å²) in [4.78, 5) is 8.31. The summed E-state index contributed by atoms with van der Waals surface area (Å²) in [7, 11) is 3.22. The Bertz CT molecular complexity index is 635. The highest BCUT2D eigenvalue weighted by atomic mass is 127. The molecule has 1 heterocycles. The third-order valence-electron chi connectivity index (χ3n) is 3.08. The van der Waals surface area contributed by atoms with Crippen LogP contribution in [0.3, 0.4) is 0 Å². The number of nitrogens with two attached hydrogens (primary N) is 1. The van der Waals surface area contributed by atoms with Crippen molar-refractivity contribution in [1.29, 1.82) is 0 Å². The lowest BCUT2D eigenvalue weighted by atomic mass is 10.2. The average Bonchev–Trinajstić information content (AvgIpc) is 2.58. The van der Waals surface area contributed by atoms with Crippen LogP contribution in [0, 0.1) is 0 Å². The van der Waals surface area contributed by atoms with E-state index in [1.807, 2.05) is 30.3 Å². The predicted octanol–water partition coefficient (Wildman–Crippen LogP) is 2.32. The molecule has 0 aliphatic carbocycles. The molecule has 0 atom stereocenters. The molecule has 0 saturated carbocycles. The number of ether oxygens (including phenoxy) is 2. The van der Waals surface area contributed by atoms with E-state index in [0.717, 1.165) is 11.1 Å². The van der Waals surface area contributed by atoms with E-state index < -0.39 is 0 Å². The Morgan fingerprint density at radius 1 is 1.17 bits per heavy atom. The number of nitrogens with zero attached hydrogens (tertiary/aromatic N) is 2. The number of hydrogen-bond donors (Lipinski definition) is 2. The monoisotopic (exact) mass is 428 g/mol. The normalized spacial score (nSPS) is 10.6. The van der Waals surface area contributed by atoms with Crippen LogP contribution in [0.2, 0.25) is 0 Å². The van der Waals surface area contributed by atoms with Gasteiger partial charge in [-0.25, -0.2) is 4.99 Å². The van der Waals surface area contributed by atoms with Crippen LogP contribution in [-0.2, 0) is 13.1 Å². The molecule has 2 aromatic rings. The van der Waals surface area contributed by atoms with Gasteiger partial charge in [0.1, 0.15) is 0 Å². The Morgan fingerprint density at radius 3 is 2.61 bits per heavy atom. The maximum atomic E-state index is 5.86. The molecule has 3 N–H and O–H groups in total. The van der Waals surface area contributed by atoms with Gasteiger partial charge in [-0.2, -0.15) is 0 Å². The van der Waals surface area contributed by atoms with Crippen molar-refractivity contribution in [2.45, 2.75) is 13.1 Å². The van der Waals surface area contributed by atoms with E-state index in [-0.39, 0.29) is 24.0 Å². The maximum Gasteiger partial charge on any atom is 0.189 e. The van der Waals surface area contributed by atoms with Crippen LogP contribution in [0.1, 0.15) is 11.1 Å². The summed E-state index contributed by atoms with van der Waals surface area (Å²) in [6.07, 6.45) is 3.50. The van der Waals surface area contributed by atoms with Crippen molar-refractivity contribution < 1.29 is 9.47 Å². The Kier molecular flexibility index (Phi) is 8.17. The highest BCUT2D eigenvalue weighted by Crippen LogP contribution is 2.27. The van der Waals surface area contributed by atoms with Crippen molar-refractivity contribution >= 4 is 29.9 Å². The second-order valence-corrected chi connectivity index (χ2v) is 4.61. The van der Waals surface area contributed by atoms with Gasteiger partial charge in [0, 0.05) is 18.9 Å². The molecule has 7 heteroatoms. The molecular formula is C16H21IN4O2. The fourth-order valence-corrected chi connectivity index (χ4v) is 1.91. The van der Waals surface area contributed by atoms with E-state index in [4.69, 9.17) is 15.2 Å². The fourth-order valence-electron chi connectivity index (χ4n) is 1.91. The lowest BCUT2D eigenvalue weighted by Gasteiger charge is -2.10. The molecular weight excluding hydrogens is 407 g/mol. The van der Waals surface area contributed by atoms with Crippen LogP contribution in [0.5, 0.6) is 11.5 Å². The number of benzene rings is 1. The van der Waals surface area contributed by atoms with E-state index in [1.54, 1.807) is 26.6 Å². The van der Waals surface area contributed by atoms with Crippen molar-refractivity contribution in [2.75, 3.05) is 14.2 Å². The second-order valence-electron chi connectivity index (χ2n) is 4.61. The molecule has 124 valence electrons. The average molecular weight is 428 g/mol. The minimum atomic E-state index is 0. The number of aliphatic imine (C=N–C) groups is 1. The first-order chi connectivity index (χ1) is 10.7. The number of hydrogen-bond acceptors (Lipinski definition) is 4. The van der Waals surface area contributed by atoms with Crippen LogP contribution in [-0.4, -0.2) is 25.2 Å². The van der Waals surface area contributed by atoms with Crippen LogP contribution in [0.4, 0.5) is 0 Å². The first kappa shape index (κ1) is 19.0. The summed E-state index contributed by atoms with van der Waals surface area (Å²) >= 11 is 0. The summed E-state index contributed by atoms with van der Waals surface area (Å²) in [5.74, 6) is 1.77. The van der Waals surface area contributed by atoms with Crippen molar-refractivity contribution in [1.82, 2.24) is 10.3 Å². The third kappa shape index (κ3) is 5.93. The van der Waals surface area contributed by atoms with Gasteiger partial charge in [-0.1, -0.05) is 12.1 Å². The van der Waals surface area contributed by atoms with Crippen molar-refractivity contribution in [3.05, 3.63) is 53.9 Å². The Balaban J connectivity index is 0.00000264. The van der Waals surface area contributed by atoms with Gasteiger partial charge in [0.15, 0.2) is 17.5 Å². The Morgan fingerprint density at radius 2 is 1.96 bits per heavy atom. The van der Waals surface area contributed by atoms with Gasteiger partial charge in [-0.15, -0.1) is 24.0 Å². The van der Waals surface area contributed by atoms with Gasteiger partial charge in [-0.05, 0) is 29.3 Å². The van der Waals surface area contributed by atoms with Crippen molar-refractivity contribution in [2.24, 2.45) is 10.7 Å². The van der Waals surface area contributed by atoms with Gasteiger partial charge >= 0.3 is 0 Å². The minimum Gasteiger partial charge on any atom is -0.493 e. The summed E-state index contributed by atoms with van der Waals surface area (Å²) < 4.78 is 10.5. The van der Waals surface area contributed by atoms with E-state index in [1.165, 1.54) is 0 Å². The van der Waals surface area contributed by atoms with Crippen LogP contribution < -0.4 is 20.5 Å². The van der Waals surface area contributed by atoms with Crippen LogP contribution >= 0.6 is 24.0 Å². The molecule has 0 unspecified atom stereocenters. The summed E-state index contributed by atoms with van der Waals surface area (Å²) in [5, 5.41) is 3.07. The molecule has 0 radical (unpaired) electrons. The van der Waals surface area contributed by atoms with E-state index in [0.29, 0.717) is 30.5 Å². The zero-order valence-corrected chi connectivity index (χ0v) is 15.5. The molecule has 0 saturated heterocycles. The molecule has 0 amide bonds. The van der Waals surface area contributed by atoms with Gasteiger partial charge in [0.05, 0.1) is 20.8 Å². The van der Waals surface area contributed by atoms with Gasteiger partial charge < -0.3 is 20.5 Å². The van der Waals surface area contributed by atoms with Gasteiger partial charge in [0.25, 0.3) is 0 Å². The molecule has 0 spiro atoms. The fraction of sp³-hybridized carbons (Fsp3) is 0.250. The van der Waals surface area contributed by atoms with Gasteiger partial charge in [-0.3, -0.25) is 4.98 Å². The number of nitrogens with one attached hydrogen (secondary N) is 1. The Labute approximate surface area is 153 Å². The SMILES string of the molecule is COc1ccc(CNC(N)=NCc2cccnc2)cc1OC.I. The van der Waals surface area contributed by atoms with Crippen molar-refractivity contribution in [3.8, 4) is 11.5 Å². The highest BCUT2D eigenvalue weighted by molar-refractivity contribution is 14.0. The van der Waals surface area contributed by atoms with Crippen LogP contribution in [0.25, 0.3) is 0 Å². The summed E-state index contributed by atoms with van der Waals surface area (Å²) in [6, 6.07) is 9.54. The summed E-state index contributed by atoms with van der Waals surface area (Å²) in [5.41, 5.74) is 7.90. The number of rotatable bonds is 6. The molecule has 0 aliphatic heterocycles. The molecule has 2 rings (SSSR count). The number of pyridine rings is 1. The minimum absolute atomic E-state index is 0. The van der Waals surface area contributed by atoms with E-state index >= 15 is 0 Å². The smallest absolute Gasteiger partial charge is 0.189 e. The zero-order valence-electron chi connectivity index (χ0n) is 13.2. The Hall–Kier alpha value is -2.03. The predicted molar refractivity (Wildman–Crippen MR) is 101 cm³/mol. The lowest BCUT2D eigenvalue weighted by Crippen LogP contribution is -2.31. The van der Waals surface area contributed by atoms with Crippen molar-refractivity contribution in [3.63, 3.8) is 0 Å². The first-order valence-electron chi connectivity index (χ1n) is 6.86. The number of methoxy groups -OCH3 is 2. The topological polar surface area (TPSA) is 81.8 Å². The highest BCUT2D eigenvalue weighted by Gasteiger charge is 2.04. The van der Waals surface area contributed by atoms with Crippen LogP contribution in [0.15, 0.2) is 47.7 Å². The first-order valence-corrected chi connectivity index (χ1v) is 6.86. The van der Waals surface area contributed by atoms with E-state index in [9.17, 15) is 0 Å². The third-order valence-corrected chi connectivity index (χ3v) is 3.08. The standard InChI is InChI=1S/C16H20N4O2.HI/c1-21-14-6-5-12(8-15(14)22-2)10-19-16(17)20-11-13-4-3-7-18-9-13;/h3-9H,10-11H2,1-2H3,(H3,17,19,20);1H. The number of halogens is 1. The molecule has 0 bridgehead atoms. The molecule has 23 heavy (non-hydrogen) atoms.